The molecule has 2 N–H and O–H groups in total. The summed E-state index contributed by atoms with van der Waals surface area (Å²) in [5.74, 6) is -0.511. The van der Waals surface area contributed by atoms with Gasteiger partial charge in [-0.3, -0.25) is 14.5 Å². The molecular formula is C23H23FN2O6S. The van der Waals surface area contributed by atoms with Crippen LogP contribution in [0.3, 0.4) is 0 Å². The molecule has 8 nitrogen and oxygen atoms in total. The summed E-state index contributed by atoms with van der Waals surface area (Å²) in [7, 11) is 2.74. The van der Waals surface area contributed by atoms with E-state index in [2.05, 4.69) is 5.32 Å². The number of aliphatic hydroxyl groups is 1. The molecule has 0 spiro atoms. The van der Waals surface area contributed by atoms with Crippen molar-refractivity contribution in [2.75, 3.05) is 32.7 Å². The molecule has 3 aromatic rings. The third kappa shape index (κ3) is 5.65. The number of ether oxygens (including phenoxy) is 2. The molecule has 0 aliphatic heterocycles. The van der Waals surface area contributed by atoms with Crippen molar-refractivity contribution in [2.45, 2.75) is 12.8 Å². The van der Waals surface area contributed by atoms with Crippen molar-refractivity contribution in [2.24, 2.45) is 0 Å². The zero-order chi connectivity index (χ0) is 24.0. The van der Waals surface area contributed by atoms with Crippen LogP contribution in [0.25, 0.3) is 10.1 Å². The number of Topliss-reactive ketones (excluding diaryl/α,β-unsaturated/α-hetero) is 1. The highest BCUT2D eigenvalue weighted by Gasteiger charge is 2.20. The van der Waals surface area contributed by atoms with Gasteiger partial charge in [0.2, 0.25) is 5.91 Å². The highest BCUT2D eigenvalue weighted by atomic mass is 32.1. The van der Waals surface area contributed by atoms with Gasteiger partial charge in [-0.05, 0) is 24.3 Å². The number of hydrogen-bond acceptors (Lipinski definition) is 7. The molecule has 3 amide bonds. The number of imide groups is 1. The summed E-state index contributed by atoms with van der Waals surface area (Å²) in [4.78, 5) is 38.3. The van der Waals surface area contributed by atoms with Crippen molar-refractivity contribution in [1.82, 2.24) is 4.90 Å². The smallest absolute Gasteiger partial charge is 0.328 e. The monoisotopic (exact) mass is 474 g/mol. The van der Waals surface area contributed by atoms with Gasteiger partial charge in [0.25, 0.3) is 0 Å². The van der Waals surface area contributed by atoms with Crippen molar-refractivity contribution in [3.8, 4) is 11.5 Å². The Bertz CT molecular complexity index is 1180. The first-order chi connectivity index (χ1) is 15.8. The zero-order valence-electron chi connectivity index (χ0n) is 18.1. The molecule has 0 radical (unpaired) electrons. The van der Waals surface area contributed by atoms with E-state index in [1.54, 1.807) is 29.6 Å². The molecule has 1 aromatic heterocycles. The van der Waals surface area contributed by atoms with Crippen molar-refractivity contribution >= 4 is 44.8 Å². The van der Waals surface area contributed by atoms with Gasteiger partial charge in [0.1, 0.15) is 12.4 Å². The minimum absolute atomic E-state index is 0.0860. The summed E-state index contributed by atoms with van der Waals surface area (Å²) in [6, 6.07) is 8.47. The maximum absolute atomic E-state index is 13.8. The van der Waals surface area contributed by atoms with Gasteiger partial charge in [0.05, 0.1) is 24.1 Å². The molecule has 0 unspecified atom stereocenters. The average Bonchev–Trinajstić information content (AvgIpc) is 3.24. The molecule has 3 rings (SSSR count). The summed E-state index contributed by atoms with van der Waals surface area (Å²) in [5, 5.41) is 13.6. The van der Waals surface area contributed by atoms with E-state index >= 15 is 0 Å². The molecule has 0 aliphatic rings. The second kappa shape index (κ2) is 10.9. The summed E-state index contributed by atoms with van der Waals surface area (Å²) >= 11 is 1.15. The predicted octanol–water partition coefficient (Wildman–Crippen LogP) is 4.07. The number of thiophene rings is 1. The Hall–Kier alpha value is -3.50. The van der Waals surface area contributed by atoms with E-state index < -0.39 is 11.9 Å². The molecule has 0 aliphatic carbocycles. The fourth-order valence-electron chi connectivity index (χ4n) is 3.08. The van der Waals surface area contributed by atoms with Crippen LogP contribution in [0.4, 0.5) is 14.9 Å². The fraction of sp³-hybridized carbons (Fsp3) is 0.261. The first kappa shape index (κ1) is 24.1. The van der Waals surface area contributed by atoms with Gasteiger partial charge in [-0.2, -0.15) is 0 Å². The second-order valence-corrected chi connectivity index (χ2v) is 7.89. The van der Waals surface area contributed by atoms with Gasteiger partial charge in [-0.25, -0.2) is 9.18 Å². The maximum atomic E-state index is 13.8. The van der Waals surface area contributed by atoms with Crippen LogP contribution in [0.5, 0.6) is 11.5 Å². The number of methoxy groups -OCH3 is 1. The molecule has 0 bridgehead atoms. The molecule has 0 saturated heterocycles. The maximum Gasteiger partial charge on any atom is 0.328 e. The Morgan fingerprint density at radius 2 is 1.94 bits per heavy atom. The molecular weight excluding hydrogens is 451 g/mol. The highest BCUT2D eigenvalue weighted by Crippen LogP contribution is 2.32. The Morgan fingerprint density at radius 1 is 1.15 bits per heavy atom. The summed E-state index contributed by atoms with van der Waals surface area (Å²) in [6.07, 6.45) is -0.282. The van der Waals surface area contributed by atoms with Gasteiger partial charge in [0.15, 0.2) is 17.3 Å². The zero-order valence-corrected chi connectivity index (χ0v) is 18.9. The number of ketones is 1. The van der Waals surface area contributed by atoms with Crippen LogP contribution in [0.1, 0.15) is 23.2 Å². The van der Waals surface area contributed by atoms with E-state index in [1.807, 2.05) is 0 Å². The summed E-state index contributed by atoms with van der Waals surface area (Å²) in [5.41, 5.74) is 0.737. The minimum atomic E-state index is -0.677. The lowest BCUT2D eigenvalue weighted by atomic mass is 10.1. The third-order valence-corrected chi connectivity index (χ3v) is 5.88. The lowest BCUT2D eigenvalue weighted by Gasteiger charge is -2.16. The van der Waals surface area contributed by atoms with Crippen molar-refractivity contribution in [1.29, 1.82) is 0 Å². The Labute approximate surface area is 193 Å². The van der Waals surface area contributed by atoms with Crippen LogP contribution in [0.2, 0.25) is 0 Å². The Kier molecular flexibility index (Phi) is 7.96. The van der Waals surface area contributed by atoms with E-state index in [0.717, 1.165) is 16.2 Å². The average molecular weight is 475 g/mol. The van der Waals surface area contributed by atoms with Crippen LogP contribution < -0.4 is 14.8 Å². The standard InChI is InChI=1S/C23H23FN2O6S/c1-26(23(30)25-17-13-33-22-15(17)4-3-5-16(22)24)21(29)9-7-18(28)14-6-8-19(32-11-10-27)20(12-14)31-2/h3-6,8,12-13,27H,7,9-11H2,1-2H3,(H,25,30). The number of hydrogen-bond donors (Lipinski definition) is 2. The summed E-state index contributed by atoms with van der Waals surface area (Å²) < 4.78 is 24.8. The van der Waals surface area contributed by atoms with E-state index in [-0.39, 0.29) is 37.7 Å². The van der Waals surface area contributed by atoms with Gasteiger partial charge in [0, 0.05) is 36.2 Å². The number of carbonyl (C=O) groups excluding carboxylic acids is 3. The van der Waals surface area contributed by atoms with Gasteiger partial charge in [-0.1, -0.05) is 12.1 Å². The van der Waals surface area contributed by atoms with Crippen LogP contribution in [-0.2, 0) is 4.79 Å². The first-order valence-electron chi connectivity index (χ1n) is 10.0. The lowest BCUT2D eigenvalue weighted by Crippen LogP contribution is -2.36. The van der Waals surface area contributed by atoms with Crippen LogP contribution in [-0.4, -0.2) is 55.1 Å². The van der Waals surface area contributed by atoms with Crippen molar-refractivity contribution in [3.05, 3.63) is 53.2 Å². The van der Waals surface area contributed by atoms with Gasteiger partial charge < -0.3 is 19.9 Å². The van der Waals surface area contributed by atoms with E-state index in [0.29, 0.717) is 32.8 Å². The number of amides is 3. The number of benzene rings is 2. The fourth-order valence-corrected chi connectivity index (χ4v) is 3.99. The molecule has 10 heteroatoms. The Morgan fingerprint density at radius 3 is 2.67 bits per heavy atom. The normalized spacial score (nSPS) is 10.7. The first-order valence-corrected chi connectivity index (χ1v) is 10.9. The topological polar surface area (TPSA) is 105 Å². The largest absolute Gasteiger partial charge is 0.493 e. The van der Waals surface area contributed by atoms with Crippen LogP contribution in [0.15, 0.2) is 41.8 Å². The molecule has 0 fully saturated rings. The van der Waals surface area contributed by atoms with E-state index in [1.165, 1.54) is 26.3 Å². The highest BCUT2D eigenvalue weighted by molar-refractivity contribution is 7.17. The number of nitrogens with one attached hydrogen (secondary N) is 1. The Balaban J connectivity index is 1.58. The number of fused-ring (bicyclic) bond motifs is 1. The molecule has 1 heterocycles. The minimum Gasteiger partial charge on any atom is -0.493 e. The van der Waals surface area contributed by atoms with E-state index in [9.17, 15) is 18.8 Å². The number of nitrogens with zero attached hydrogens (tertiary/aromatic N) is 1. The van der Waals surface area contributed by atoms with Crippen molar-refractivity contribution < 1.29 is 33.4 Å². The molecule has 0 saturated carbocycles. The number of aliphatic hydroxyl groups excluding tert-OH is 1. The van der Waals surface area contributed by atoms with Crippen LogP contribution in [0, 0.1) is 5.82 Å². The number of urea groups is 1. The van der Waals surface area contributed by atoms with E-state index in [4.69, 9.17) is 14.6 Å². The summed E-state index contributed by atoms with van der Waals surface area (Å²) in [6.45, 7) is -0.0742. The molecule has 33 heavy (non-hydrogen) atoms. The van der Waals surface area contributed by atoms with Crippen molar-refractivity contribution in [3.63, 3.8) is 0 Å². The number of rotatable bonds is 9. The van der Waals surface area contributed by atoms with Gasteiger partial charge >= 0.3 is 6.03 Å². The van der Waals surface area contributed by atoms with Gasteiger partial charge in [-0.15, -0.1) is 11.3 Å². The SMILES string of the molecule is COc1cc(C(=O)CCC(=O)N(C)C(=O)Nc2csc3c(F)cccc23)ccc1OCCO. The third-order valence-electron chi connectivity index (χ3n) is 4.87. The number of carbonyl (C=O) groups is 3. The lowest BCUT2D eigenvalue weighted by molar-refractivity contribution is -0.127. The molecule has 2 aromatic carbocycles. The second-order valence-electron chi connectivity index (χ2n) is 7.01. The number of halogens is 1. The molecule has 174 valence electrons. The van der Waals surface area contributed by atoms with Crippen LogP contribution >= 0.6 is 11.3 Å². The molecule has 0 atom stereocenters. The number of anilines is 1. The quantitative estimate of drug-likeness (QED) is 0.453. The predicted molar refractivity (Wildman–Crippen MR) is 123 cm³/mol.